The molecule has 0 aliphatic heterocycles. The van der Waals surface area contributed by atoms with Crippen molar-refractivity contribution in [2.45, 2.75) is 38.1 Å². The monoisotopic (exact) mass is 202 g/mol. The normalized spacial score (nSPS) is 18.4. The molecule has 0 spiro atoms. The fraction of sp³-hybridized carbons (Fsp3) is 0.889. The molecule has 0 bridgehead atoms. The van der Waals surface area contributed by atoms with Gasteiger partial charge in [0, 0.05) is 20.1 Å². The van der Waals surface area contributed by atoms with Crippen molar-refractivity contribution in [2.75, 3.05) is 14.1 Å². The van der Waals surface area contributed by atoms with Crippen LogP contribution < -0.4 is 0 Å². The molecule has 3 nitrogen and oxygen atoms in total. The molecule has 0 aromatic heterocycles. The second-order valence-corrected chi connectivity index (χ2v) is 4.31. The van der Waals surface area contributed by atoms with E-state index < -0.39 is 0 Å². The molecule has 0 radical (unpaired) electrons. The molecule has 1 rings (SSSR count). The number of nitrogens with zero attached hydrogens (tertiary/aromatic N) is 2. The van der Waals surface area contributed by atoms with E-state index in [1.165, 1.54) is 23.6 Å². The zero-order chi connectivity index (χ0) is 9.84. The van der Waals surface area contributed by atoms with E-state index in [9.17, 15) is 4.79 Å². The van der Waals surface area contributed by atoms with Crippen molar-refractivity contribution in [3.8, 4) is 0 Å². The molecule has 0 atom stereocenters. The molecule has 13 heavy (non-hydrogen) atoms. The van der Waals surface area contributed by atoms with E-state index in [0.29, 0.717) is 6.04 Å². The number of rotatable bonds is 1. The lowest BCUT2D eigenvalue weighted by Gasteiger charge is -2.32. The molecule has 1 aliphatic carbocycles. The molecule has 1 saturated carbocycles. The average molecular weight is 202 g/mol. The minimum atomic E-state index is -0.00441. The number of hydrogen-bond acceptors (Lipinski definition) is 2. The van der Waals surface area contributed by atoms with Crippen molar-refractivity contribution < 1.29 is 4.79 Å². The summed E-state index contributed by atoms with van der Waals surface area (Å²) in [5.41, 5.74) is 0. The minimum Gasteiger partial charge on any atom is -0.324 e. The predicted octanol–water partition coefficient (Wildman–Crippen LogP) is 2.15. The van der Waals surface area contributed by atoms with Gasteiger partial charge in [-0.3, -0.25) is 4.31 Å². The van der Waals surface area contributed by atoms with Crippen LogP contribution in [0, 0.1) is 0 Å². The molecule has 2 amide bonds. The molecule has 0 aromatic carbocycles. The summed E-state index contributed by atoms with van der Waals surface area (Å²) in [5.74, 6) is 0. The largest absolute Gasteiger partial charge is 0.329 e. The number of thiol groups is 1. The first kappa shape index (κ1) is 10.7. The third-order valence-electron chi connectivity index (χ3n) is 2.70. The van der Waals surface area contributed by atoms with Crippen LogP contribution >= 0.6 is 12.8 Å². The summed E-state index contributed by atoms with van der Waals surface area (Å²) >= 11 is 3.99. The predicted molar refractivity (Wildman–Crippen MR) is 56.8 cm³/mol. The zero-order valence-corrected chi connectivity index (χ0v) is 9.26. The third-order valence-corrected chi connectivity index (χ3v) is 2.87. The number of urea groups is 1. The summed E-state index contributed by atoms with van der Waals surface area (Å²) in [6.45, 7) is 0. The average Bonchev–Trinajstić information content (AvgIpc) is 2.17. The maximum absolute atomic E-state index is 11.5. The maximum atomic E-state index is 11.5. The van der Waals surface area contributed by atoms with E-state index in [4.69, 9.17) is 0 Å². The van der Waals surface area contributed by atoms with E-state index in [0.717, 1.165) is 12.8 Å². The van der Waals surface area contributed by atoms with Crippen LogP contribution in [0.2, 0.25) is 0 Å². The van der Waals surface area contributed by atoms with Gasteiger partial charge in [0.2, 0.25) is 0 Å². The van der Waals surface area contributed by atoms with Crippen molar-refractivity contribution in [3.05, 3.63) is 0 Å². The van der Waals surface area contributed by atoms with Crippen LogP contribution in [0.3, 0.4) is 0 Å². The van der Waals surface area contributed by atoms with E-state index in [1.807, 2.05) is 11.9 Å². The van der Waals surface area contributed by atoms with Gasteiger partial charge in [-0.15, -0.1) is 0 Å². The Morgan fingerprint density at radius 1 is 1.23 bits per heavy atom. The van der Waals surface area contributed by atoms with Crippen LogP contribution in [0.1, 0.15) is 32.1 Å². The Balaban J connectivity index is 2.45. The highest BCUT2D eigenvalue weighted by Crippen LogP contribution is 2.22. The van der Waals surface area contributed by atoms with Gasteiger partial charge in [-0.2, -0.15) is 0 Å². The lowest BCUT2D eigenvalue weighted by Crippen LogP contribution is -2.42. The maximum Gasteiger partial charge on any atom is 0.329 e. The highest BCUT2D eigenvalue weighted by molar-refractivity contribution is 7.78. The standard InChI is InChI=1S/C9H18N2OS/c1-10(9(12)11(2)13)8-6-4-3-5-7-8/h8,13H,3-7H2,1-2H3. The Morgan fingerprint density at radius 3 is 2.23 bits per heavy atom. The smallest absolute Gasteiger partial charge is 0.324 e. The fourth-order valence-electron chi connectivity index (χ4n) is 1.85. The molecule has 0 heterocycles. The van der Waals surface area contributed by atoms with E-state index in [-0.39, 0.29) is 6.03 Å². The van der Waals surface area contributed by atoms with Crippen LogP contribution in [0.5, 0.6) is 0 Å². The van der Waals surface area contributed by atoms with Gasteiger partial charge in [0.25, 0.3) is 0 Å². The van der Waals surface area contributed by atoms with Crippen molar-refractivity contribution in [1.82, 2.24) is 9.21 Å². The lowest BCUT2D eigenvalue weighted by molar-refractivity contribution is 0.163. The molecule has 76 valence electrons. The van der Waals surface area contributed by atoms with Crippen LogP contribution in [0.15, 0.2) is 0 Å². The van der Waals surface area contributed by atoms with Gasteiger partial charge in [0.05, 0.1) is 0 Å². The summed E-state index contributed by atoms with van der Waals surface area (Å²) in [4.78, 5) is 13.3. The summed E-state index contributed by atoms with van der Waals surface area (Å²) in [6.07, 6.45) is 6.10. The summed E-state index contributed by atoms with van der Waals surface area (Å²) in [5, 5.41) is 0. The van der Waals surface area contributed by atoms with Gasteiger partial charge in [-0.1, -0.05) is 32.1 Å². The molecule has 0 unspecified atom stereocenters. The highest BCUT2D eigenvalue weighted by Gasteiger charge is 2.22. The van der Waals surface area contributed by atoms with Crippen molar-refractivity contribution >= 4 is 18.8 Å². The Labute approximate surface area is 85.6 Å². The van der Waals surface area contributed by atoms with E-state index >= 15 is 0 Å². The first-order valence-corrected chi connectivity index (χ1v) is 5.22. The molecule has 1 aliphatic rings. The van der Waals surface area contributed by atoms with Gasteiger partial charge in [0.1, 0.15) is 0 Å². The van der Waals surface area contributed by atoms with Crippen LogP contribution in [0.4, 0.5) is 4.79 Å². The lowest BCUT2D eigenvalue weighted by atomic mass is 9.95. The topological polar surface area (TPSA) is 23.6 Å². The van der Waals surface area contributed by atoms with Crippen molar-refractivity contribution in [3.63, 3.8) is 0 Å². The molecule has 1 fully saturated rings. The Morgan fingerprint density at radius 2 is 1.77 bits per heavy atom. The Bertz CT molecular complexity index is 178. The minimum absolute atomic E-state index is 0.00441. The first-order valence-electron chi connectivity index (χ1n) is 4.82. The van der Waals surface area contributed by atoms with Crippen molar-refractivity contribution in [1.29, 1.82) is 0 Å². The number of hydrogen-bond donors (Lipinski definition) is 1. The highest BCUT2D eigenvalue weighted by atomic mass is 32.1. The second kappa shape index (κ2) is 4.74. The second-order valence-electron chi connectivity index (χ2n) is 3.71. The van der Waals surface area contributed by atoms with Gasteiger partial charge < -0.3 is 4.90 Å². The van der Waals surface area contributed by atoms with Gasteiger partial charge >= 0.3 is 6.03 Å². The van der Waals surface area contributed by atoms with Gasteiger partial charge in [0.15, 0.2) is 0 Å². The van der Waals surface area contributed by atoms with Crippen LogP contribution in [-0.2, 0) is 0 Å². The number of carbonyl (C=O) groups is 1. The summed E-state index contributed by atoms with van der Waals surface area (Å²) in [7, 11) is 3.54. The van der Waals surface area contributed by atoms with Crippen LogP contribution in [-0.4, -0.2) is 35.4 Å². The SMILES string of the molecule is CN(S)C(=O)N(C)C1CCCCC1. The Kier molecular flexibility index (Phi) is 3.90. The molecule has 4 heteroatoms. The molecule has 0 saturated heterocycles. The van der Waals surface area contributed by atoms with E-state index in [2.05, 4.69) is 12.8 Å². The molecule has 0 N–H and O–H groups in total. The van der Waals surface area contributed by atoms with Gasteiger partial charge in [-0.05, 0) is 12.8 Å². The summed E-state index contributed by atoms with van der Waals surface area (Å²) < 4.78 is 1.34. The number of carbonyl (C=O) groups excluding carboxylic acids is 1. The Hall–Kier alpha value is -0.380. The number of amides is 2. The molecular formula is C9H18N2OS. The van der Waals surface area contributed by atoms with Crippen LogP contribution in [0.25, 0.3) is 0 Å². The fourth-order valence-corrected chi connectivity index (χ4v) is 1.99. The van der Waals surface area contributed by atoms with Crippen molar-refractivity contribution in [2.24, 2.45) is 0 Å². The van der Waals surface area contributed by atoms with E-state index in [1.54, 1.807) is 7.05 Å². The zero-order valence-electron chi connectivity index (χ0n) is 8.36. The third kappa shape index (κ3) is 2.79. The quantitative estimate of drug-likeness (QED) is 0.647. The first-order chi connectivity index (χ1) is 6.13. The molecular weight excluding hydrogens is 184 g/mol. The molecule has 0 aromatic rings. The summed E-state index contributed by atoms with van der Waals surface area (Å²) in [6, 6.07) is 0.422. The van der Waals surface area contributed by atoms with Gasteiger partial charge in [-0.25, -0.2) is 4.79 Å².